The van der Waals surface area contributed by atoms with Gasteiger partial charge in [0.25, 0.3) is 0 Å². The number of nitrogens with zero attached hydrogens (tertiary/aromatic N) is 4. The predicted molar refractivity (Wildman–Crippen MR) is 97.1 cm³/mol. The average molecular weight is 344 g/mol. The zero-order chi connectivity index (χ0) is 18.0. The molecule has 2 atom stereocenters. The Morgan fingerprint density at radius 1 is 1.08 bits per heavy atom. The predicted octanol–water partition coefficient (Wildman–Crippen LogP) is 0.664. The fourth-order valence-corrected chi connectivity index (χ4v) is 3.73. The van der Waals surface area contributed by atoms with Crippen molar-refractivity contribution < 1.29 is 9.59 Å². The fourth-order valence-electron chi connectivity index (χ4n) is 3.73. The first-order valence-corrected chi connectivity index (χ1v) is 8.98. The molecule has 2 aliphatic heterocycles. The third-order valence-electron chi connectivity index (χ3n) is 5.47. The van der Waals surface area contributed by atoms with E-state index < -0.39 is 0 Å². The van der Waals surface area contributed by atoms with E-state index in [9.17, 15) is 9.59 Å². The minimum atomic E-state index is -0.337. The van der Waals surface area contributed by atoms with Gasteiger partial charge in [-0.2, -0.15) is 0 Å². The molecule has 0 spiro atoms. The lowest BCUT2D eigenvalue weighted by Gasteiger charge is -2.39. The minimum Gasteiger partial charge on any atom is -0.344 e. The summed E-state index contributed by atoms with van der Waals surface area (Å²) in [5, 5.41) is 0. The smallest absolute Gasteiger partial charge is 0.245 e. The van der Waals surface area contributed by atoms with Crippen LogP contribution in [0.2, 0.25) is 0 Å². The molecule has 0 unspecified atom stereocenters. The molecule has 136 valence electrons. The lowest BCUT2D eigenvalue weighted by Crippen LogP contribution is -2.52. The average Bonchev–Trinajstić information content (AvgIpc) is 2.96. The molecule has 2 heterocycles. The van der Waals surface area contributed by atoms with E-state index in [-0.39, 0.29) is 23.9 Å². The molecular weight excluding hydrogens is 316 g/mol. The Morgan fingerprint density at radius 2 is 1.72 bits per heavy atom. The Hall–Kier alpha value is -1.92. The molecule has 0 saturated carbocycles. The van der Waals surface area contributed by atoms with Crippen LogP contribution in [-0.2, 0) is 9.59 Å². The van der Waals surface area contributed by atoms with E-state index in [4.69, 9.17) is 0 Å². The lowest BCUT2D eigenvalue weighted by molar-refractivity contribution is -0.144. The molecule has 6 nitrogen and oxygen atoms in total. The highest BCUT2D eigenvalue weighted by Crippen LogP contribution is 2.26. The largest absolute Gasteiger partial charge is 0.344 e. The summed E-state index contributed by atoms with van der Waals surface area (Å²) in [7, 11) is 5.68. The molecule has 2 saturated heterocycles. The number of likely N-dealkylation sites (N-methyl/N-ethyl adjacent to an activating group) is 3. The number of rotatable bonds is 4. The van der Waals surface area contributed by atoms with E-state index in [2.05, 4.69) is 16.8 Å². The number of piperazine rings is 1. The van der Waals surface area contributed by atoms with Crippen molar-refractivity contribution in [3.63, 3.8) is 0 Å². The maximum absolute atomic E-state index is 13.4. The molecule has 25 heavy (non-hydrogen) atoms. The van der Waals surface area contributed by atoms with Crippen LogP contribution in [0.3, 0.4) is 0 Å². The van der Waals surface area contributed by atoms with Gasteiger partial charge in [0, 0.05) is 46.8 Å². The van der Waals surface area contributed by atoms with E-state index in [1.807, 2.05) is 30.3 Å². The molecule has 2 amide bonds. The third kappa shape index (κ3) is 3.70. The number of likely N-dealkylation sites (tertiary alicyclic amines) is 1. The number of hydrogen-bond acceptors (Lipinski definition) is 4. The zero-order valence-corrected chi connectivity index (χ0v) is 15.4. The van der Waals surface area contributed by atoms with Crippen LogP contribution in [0, 0.1) is 0 Å². The van der Waals surface area contributed by atoms with Gasteiger partial charge in [0.1, 0.15) is 12.1 Å². The topological polar surface area (TPSA) is 47.1 Å². The lowest BCUT2D eigenvalue weighted by atomic mass is 10.0. The van der Waals surface area contributed by atoms with Crippen LogP contribution in [-0.4, -0.2) is 91.3 Å². The molecule has 6 heteroatoms. The maximum Gasteiger partial charge on any atom is 0.245 e. The van der Waals surface area contributed by atoms with Crippen LogP contribution >= 0.6 is 0 Å². The highest BCUT2D eigenvalue weighted by Gasteiger charge is 2.39. The summed E-state index contributed by atoms with van der Waals surface area (Å²) < 4.78 is 0. The summed E-state index contributed by atoms with van der Waals surface area (Å²) in [5.74, 6) is 0.0606. The van der Waals surface area contributed by atoms with Gasteiger partial charge in [0.15, 0.2) is 0 Å². The van der Waals surface area contributed by atoms with Crippen LogP contribution < -0.4 is 0 Å². The second kappa shape index (κ2) is 7.54. The molecule has 0 radical (unpaired) electrons. The molecule has 0 N–H and O–H groups in total. The number of carbonyl (C=O) groups excluding carboxylic acids is 2. The van der Waals surface area contributed by atoms with Crippen molar-refractivity contribution in [1.29, 1.82) is 0 Å². The van der Waals surface area contributed by atoms with Crippen molar-refractivity contribution >= 4 is 11.8 Å². The maximum atomic E-state index is 13.4. The van der Waals surface area contributed by atoms with Crippen LogP contribution in [0.4, 0.5) is 0 Å². The molecule has 0 aliphatic carbocycles. The van der Waals surface area contributed by atoms with Crippen molar-refractivity contribution in [3.8, 4) is 0 Å². The highest BCUT2D eigenvalue weighted by molar-refractivity contribution is 5.91. The Balaban J connectivity index is 1.83. The van der Waals surface area contributed by atoms with Gasteiger partial charge >= 0.3 is 0 Å². The number of amides is 2. The summed E-state index contributed by atoms with van der Waals surface area (Å²) in [5.41, 5.74) is 1.00. The van der Waals surface area contributed by atoms with Crippen molar-refractivity contribution in [2.75, 3.05) is 53.9 Å². The third-order valence-corrected chi connectivity index (χ3v) is 5.47. The quantitative estimate of drug-likeness (QED) is 0.805. The van der Waals surface area contributed by atoms with E-state index in [1.165, 1.54) is 0 Å². The van der Waals surface area contributed by atoms with Crippen LogP contribution in [0.25, 0.3) is 0 Å². The monoisotopic (exact) mass is 344 g/mol. The van der Waals surface area contributed by atoms with Gasteiger partial charge < -0.3 is 14.7 Å². The summed E-state index contributed by atoms with van der Waals surface area (Å²) in [6, 6.07) is 9.28. The van der Waals surface area contributed by atoms with Crippen LogP contribution in [0.15, 0.2) is 30.3 Å². The van der Waals surface area contributed by atoms with Crippen LogP contribution in [0.1, 0.15) is 18.0 Å². The van der Waals surface area contributed by atoms with E-state index >= 15 is 0 Å². The highest BCUT2D eigenvalue weighted by atomic mass is 16.2. The summed E-state index contributed by atoms with van der Waals surface area (Å²) >= 11 is 0. The van der Waals surface area contributed by atoms with Gasteiger partial charge in [-0.05, 0) is 19.0 Å². The Labute approximate surface area is 150 Å². The van der Waals surface area contributed by atoms with Gasteiger partial charge in [-0.15, -0.1) is 0 Å². The first-order chi connectivity index (χ1) is 12.0. The van der Waals surface area contributed by atoms with Gasteiger partial charge in [0.05, 0.1) is 0 Å². The minimum absolute atomic E-state index is 0.0180. The second-order valence-corrected chi connectivity index (χ2v) is 7.17. The number of hydrogen-bond donors (Lipinski definition) is 0. The summed E-state index contributed by atoms with van der Waals surface area (Å²) in [4.78, 5) is 33.6. The molecule has 1 aromatic carbocycles. The second-order valence-electron chi connectivity index (χ2n) is 7.17. The van der Waals surface area contributed by atoms with Crippen molar-refractivity contribution in [1.82, 2.24) is 19.6 Å². The standard InChI is InChI=1S/C19H28N4O2/c1-20-11-13-23(14-12-20)17(15-7-5-4-6-8-15)19(25)22(3)16-9-10-21(2)18(16)24/h4-8,16-17H,9-14H2,1-3H3/t16-,17+/m1/s1. The molecule has 3 rings (SSSR count). The first-order valence-electron chi connectivity index (χ1n) is 8.98. The number of carbonyl (C=O) groups is 2. The molecule has 0 aromatic heterocycles. The van der Waals surface area contributed by atoms with E-state index in [1.54, 1.807) is 23.9 Å². The van der Waals surface area contributed by atoms with Crippen LogP contribution in [0.5, 0.6) is 0 Å². The van der Waals surface area contributed by atoms with Crippen molar-refractivity contribution in [2.45, 2.75) is 18.5 Å². The molecule has 0 bridgehead atoms. The molecule has 1 aromatic rings. The first kappa shape index (κ1) is 17.9. The van der Waals surface area contributed by atoms with Gasteiger partial charge in [-0.3, -0.25) is 14.5 Å². The molecule has 2 aliphatic rings. The fraction of sp³-hybridized carbons (Fsp3) is 0.579. The zero-order valence-electron chi connectivity index (χ0n) is 15.4. The summed E-state index contributed by atoms with van der Waals surface area (Å²) in [6.45, 7) is 4.32. The van der Waals surface area contributed by atoms with Gasteiger partial charge in [0.2, 0.25) is 11.8 Å². The van der Waals surface area contributed by atoms with Crippen molar-refractivity contribution in [2.24, 2.45) is 0 Å². The van der Waals surface area contributed by atoms with Crippen molar-refractivity contribution in [3.05, 3.63) is 35.9 Å². The summed E-state index contributed by atoms with van der Waals surface area (Å²) in [6.07, 6.45) is 0.710. The molecular formula is C19H28N4O2. The SMILES string of the molecule is CN1CCN([C@H](C(=O)N(C)[C@@H]2CCN(C)C2=O)c2ccccc2)CC1. The van der Waals surface area contributed by atoms with Gasteiger partial charge in [-0.25, -0.2) is 0 Å². The van der Waals surface area contributed by atoms with E-state index in [0.717, 1.165) is 31.7 Å². The Bertz CT molecular complexity index is 613. The normalized spacial score (nSPS) is 23.7. The van der Waals surface area contributed by atoms with Gasteiger partial charge in [-0.1, -0.05) is 30.3 Å². The number of benzene rings is 1. The Morgan fingerprint density at radius 3 is 2.28 bits per heavy atom. The Kier molecular flexibility index (Phi) is 5.39. The van der Waals surface area contributed by atoms with E-state index in [0.29, 0.717) is 13.0 Å². The molecule has 2 fully saturated rings.